The summed E-state index contributed by atoms with van der Waals surface area (Å²) < 4.78 is 5.33. The second-order valence-electron chi connectivity index (χ2n) is 6.30. The molecule has 0 amide bonds. The third-order valence-electron chi connectivity index (χ3n) is 5.04. The van der Waals surface area contributed by atoms with Gasteiger partial charge in [-0.05, 0) is 55.0 Å². The summed E-state index contributed by atoms with van der Waals surface area (Å²) in [5, 5.41) is 0. The summed E-state index contributed by atoms with van der Waals surface area (Å²) >= 11 is 0. The van der Waals surface area contributed by atoms with E-state index in [1.54, 1.807) is 7.11 Å². The molecule has 0 radical (unpaired) electrons. The maximum absolute atomic E-state index is 6.52. The van der Waals surface area contributed by atoms with Gasteiger partial charge in [-0.3, -0.25) is 4.90 Å². The molecule has 0 spiro atoms. The van der Waals surface area contributed by atoms with E-state index in [-0.39, 0.29) is 6.04 Å². The Balaban J connectivity index is 1.72. The lowest BCUT2D eigenvalue weighted by molar-refractivity contribution is 0.213. The topological polar surface area (TPSA) is 38.5 Å². The monoisotopic (exact) mass is 274 g/mol. The van der Waals surface area contributed by atoms with E-state index in [9.17, 15) is 0 Å². The van der Waals surface area contributed by atoms with Crippen LogP contribution in [0.15, 0.2) is 18.2 Å². The van der Waals surface area contributed by atoms with E-state index in [1.807, 2.05) is 0 Å². The maximum Gasteiger partial charge on any atom is 0.119 e. The number of methoxy groups -OCH3 is 1. The molecule has 1 aromatic rings. The molecular formula is C17H26N2O. The van der Waals surface area contributed by atoms with Crippen molar-refractivity contribution < 1.29 is 4.74 Å². The highest BCUT2D eigenvalue weighted by Gasteiger charge is 2.37. The predicted octanol–water partition coefficient (Wildman–Crippen LogP) is 2.74. The molecule has 0 aromatic heterocycles. The molecule has 3 heteroatoms. The summed E-state index contributed by atoms with van der Waals surface area (Å²) in [4.78, 5) is 2.62. The Morgan fingerprint density at radius 1 is 1.40 bits per heavy atom. The van der Waals surface area contributed by atoms with Crippen LogP contribution in [0.3, 0.4) is 0 Å². The van der Waals surface area contributed by atoms with Crippen molar-refractivity contribution in [3.8, 4) is 5.75 Å². The molecule has 0 bridgehead atoms. The summed E-state index contributed by atoms with van der Waals surface area (Å²) in [5.41, 5.74) is 9.21. The van der Waals surface area contributed by atoms with Gasteiger partial charge in [0.2, 0.25) is 0 Å². The van der Waals surface area contributed by atoms with Gasteiger partial charge in [0, 0.05) is 18.6 Å². The zero-order chi connectivity index (χ0) is 14.1. The molecule has 3 nitrogen and oxygen atoms in total. The number of hydrogen-bond acceptors (Lipinski definition) is 3. The van der Waals surface area contributed by atoms with Crippen LogP contribution in [0.4, 0.5) is 0 Å². The van der Waals surface area contributed by atoms with Gasteiger partial charge in [0.25, 0.3) is 0 Å². The molecule has 0 saturated carbocycles. The van der Waals surface area contributed by atoms with Crippen LogP contribution in [-0.4, -0.2) is 31.1 Å². The highest BCUT2D eigenvalue weighted by atomic mass is 16.5. The van der Waals surface area contributed by atoms with Gasteiger partial charge in [-0.15, -0.1) is 0 Å². The summed E-state index contributed by atoms with van der Waals surface area (Å²) in [6, 6.07) is 6.99. The van der Waals surface area contributed by atoms with Crippen LogP contribution < -0.4 is 10.5 Å². The molecule has 3 unspecified atom stereocenters. The Morgan fingerprint density at radius 2 is 2.25 bits per heavy atom. The first-order chi connectivity index (χ1) is 9.72. The fourth-order valence-corrected chi connectivity index (χ4v) is 3.92. The zero-order valence-electron chi connectivity index (χ0n) is 12.6. The molecular weight excluding hydrogens is 248 g/mol. The maximum atomic E-state index is 6.52. The summed E-state index contributed by atoms with van der Waals surface area (Å²) in [6.45, 7) is 4.73. The van der Waals surface area contributed by atoms with Crippen molar-refractivity contribution in [3.05, 3.63) is 29.3 Å². The zero-order valence-corrected chi connectivity index (χ0v) is 12.6. The molecule has 2 aliphatic rings. The minimum atomic E-state index is 0.139. The van der Waals surface area contributed by atoms with Gasteiger partial charge in [-0.25, -0.2) is 0 Å². The largest absolute Gasteiger partial charge is 0.497 e. The van der Waals surface area contributed by atoms with Crippen LogP contribution >= 0.6 is 0 Å². The first-order valence-electron chi connectivity index (χ1n) is 7.89. The van der Waals surface area contributed by atoms with Gasteiger partial charge < -0.3 is 10.5 Å². The van der Waals surface area contributed by atoms with Gasteiger partial charge in [0.05, 0.1) is 7.11 Å². The average Bonchev–Trinajstić information content (AvgIpc) is 3.04. The summed E-state index contributed by atoms with van der Waals surface area (Å²) in [6.07, 6.45) is 5.10. The number of fused-ring (bicyclic) bond motifs is 1. The standard InChI is InChI=1S/C17H26N2O/c1-3-4-12-7-8-19(11-12)16-9-13-5-6-14(20-2)10-15(13)17(16)18/h5-6,10,12,16-17H,3-4,7-9,11,18H2,1-2H3. The Kier molecular flexibility index (Phi) is 3.99. The number of rotatable bonds is 4. The van der Waals surface area contributed by atoms with Crippen molar-refractivity contribution in [2.75, 3.05) is 20.2 Å². The van der Waals surface area contributed by atoms with E-state index in [4.69, 9.17) is 10.5 Å². The van der Waals surface area contributed by atoms with Crippen LogP contribution in [0, 0.1) is 5.92 Å². The number of ether oxygens (including phenoxy) is 1. The number of hydrogen-bond donors (Lipinski definition) is 1. The van der Waals surface area contributed by atoms with E-state index in [1.165, 1.54) is 43.5 Å². The predicted molar refractivity (Wildman–Crippen MR) is 82.0 cm³/mol. The van der Waals surface area contributed by atoms with Crippen LogP contribution in [0.5, 0.6) is 5.75 Å². The van der Waals surface area contributed by atoms with Crippen molar-refractivity contribution >= 4 is 0 Å². The van der Waals surface area contributed by atoms with E-state index in [2.05, 4.69) is 30.0 Å². The van der Waals surface area contributed by atoms with E-state index >= 15 is 0 Å². The van der Waals surface area contributed by atoms with E-state index in [0.29, 0.717) is 6.04 Å². The van der Waals surface area contributed by atoms with Gasteiger partial charge in [-0.1, -0.05) is 19.4 Å². The fraction of sp³-hybridized carbons (Fsp3) is 0.647. The van der Waals surface area contributed by atoms with Crippen LogP contribution in [0.25, 0.3) is 0 Å². The smallest absolute Gasteiger partial charge is 0.119 e. The highest BCUT2D eigenvalue weighted by Crippen LogP contribution is 2.37. The van der Waals surface area contributed by atoms with Gasteiger partial charge in [0.15, 0.2) is 0 Å². The molecule has 3 rings (SSSR count). The quantitative estimate of drug-likeness (QED) is 0.917. The molecule has 3 atom stereocenters. The van der Waals surface area contributed by atoms with E-state index in [0.717, 1.165) is 18.1 Å². The SMILES string of the molecule is CCCC1CCN(C2Cc3ccc(OC)cc3C2N)C1. The Labute approximate surface area is 122 Å². The van der Waals surface area contributed by atoms with Crippen molar-refractivity contribution in [2.24, 2.45) is 11.7 Å². The number of benzene rings is 1. The van der Waals surface area contributed by atoms with Crippen LogP contribution in [0.1, 0.15) is 43.4 Å². The fourth-order valence-electron chi connectivity index (χ4n) is 3.92. The summed E-state index contributed by atoms with van der Waals surface area (Å²) in [5.74, 6) is 1.80. The lowest BCUT2D eigenvalue weighted by Gasteiger charge is -2.27. The minimum Gasteiger partial charge on any atom is -0.497 e. The Hall–Kier alpha value is -1.06. The van der Waals surface area contributed by atoms with E-state index < -0.39 is 0 Å². The second-order valence-corrected chi connectivity index (χ2v) is 6.30. The van der Waals surface area contributed by atoms with Gasteiger partial charge in [0.1, 0.15) is 5.75 Å². The molecule has 20 heavy (non-hydrogen) atoms. The number of likely N-dealkylation sites (tertiary alicyclic amines) is 1. The Bertz CT molecular complexity index is 474. The number of nitrogens with two attached hydrogens (primary N) is 1. The second kappa shape index (κ2) is 5.74. The third kappa shape index (κ3) is 2.45. The van der Waals surface area contributed by atoms with Crippen molar-refractivity contribution in [2.45, 2.75) is 44.7 Å². The van der Waals surface area contributed by atoms with Crippen molar-refractivity contribution in [1.29, 1.82) is 0 Å². The lowest BCUT2D eigenvalue weighted by Crippen LogP contribution is -2.39. The van der Waals surface area contributed by atoms with Crippen molar-refractivity contribution in [3.63, 3.8) is 0 Å². The van der Waals surface area contributed by atoms with Gasteiger partial charge in [-0.2, -0.15) is 0 Å². The molecule has 110 valence electrons. The molecule has 2 N–H and O–H groups in total. The lowest BCUT2D eigenvalue weighted by atomic mass is 10.0. The summed E-state index contributed by atoms with van der Waals surface area (Å²) in [7, 11) is 1.72. The van der Waals surface area contributed by atoms with Crippen LogP contribution in [-0.2, 0) is 6.42 Å². The number of nitrogens with zero attached hydrogens (tertiary/aromatic N) is 1. The molecule has 1 saturated heterocycles. The Morgan fingerprint density at radius 3 is 3.00 bits per heavy atom. The molecule has 1 heterocycles. The molecule has 1 aliphatic carbocycles. The molecule has 1 aromatic carbocycles. The molecule has 1 fully saturated rings. The van der Waals surface area contributed by atoms with Crippen LogP contribution in [0.2, 0.25) is 0 Å². The highest BCUT2D eigenvalue weighted by molar-refractivity contribution is 5.42. The minimum absolute atomic E-state index is 0.139. The van der Waals surface area contributed by atoms with Gasteiger partial charge >= 0.3 is 0 Å². The third-order valence-corrected chi connectivity index (χ3v) is 5.04. The first-order valence-corrected chi connectivity index (χ1v) is 7.89. The molecule has 1 aliphatic heterocycles. The average molecular weight is 274 g/mol. The first kappa shape index (κ1) is 13.9. The normalized spacial score (nSPS) is 29.6. The van der Waals surface area contributed by atoms with Crippen molar-refractivity contribution in [1.82, 2.24) is 4.90 Å².